The fourth-order valence-corrected chi connectivity index (χ4v) is 1.77. The van der Waals surface area contributed by atoms with Crippen molar-refractivity contribution in [2.75, 3.05) is 19.8 Å². The van der Waals surface area contributed by atoms with E-state index in [1.807, 2.05) is 26.0 Å². The molecule has 1 N–H and O–H groups in total. The smallest absolute Gasteiger partial charge is 0.162 e. The summed E-state index contributed by atoms with van der Waals surface area (Å²) < 4.78 is 11.4. The van der Waals surface area contributed by atoms with Crippen LogP contribution in [0.25, 0.3) is 0 Å². The van der Waals surface area contributed by atoms with E-state index in [-0.39, 0.29) is 12.0 Å². The molecule has 0 radical (unpaired) electrons. The Bertz CT molecular complexity index is 246. The van der Waals surface area contributed by atoms with Gasteiger partial charge in [-0.2, -0.15) is 0 Å². The highest BCUT2D eigenvalue weighted by Crippen LogP contribution is 2.36. The van der Waals surface area contributed by atoms with Gasteiger partial charge in [-0.3, -0.25) is 0 Å². The molecule has 1 aliphatic heterocycles. The van der Waals surface area contributed by atoms with E-state index in [1.165, 1.54) is 0 Å². The van der Waals surface area contributed by atoms with Crippen LogP contribution < -0.4 is 0 Å². The molecule has 3 heteroatoms. The molecule has 0 unspecified atom stereocenters. The minimum absolute atomic E-state index is 0.0249. The number of hydrogen-bond acceptors (Lipinski definition) is 3. The van der Waals surface area contributed by atoms with Gasteiger partial charge in [-0.05, 0) is 26.7 Å². The molecule has 1 saturated heterocycles. The molecule has 1 heterocycles. The highest BCUT2D eigenvalue weighted by molar-refractivity contribution is 4.96. The van der Waals surface area contributed by atoms with Gasteiger partial charge in [0.05, 0.1) is 19.8 Å². The Kier molecular flexibility index (Phi) is 4.71. The molecule has 0 spiro atoms. The van der Waals surface area contributed by atoms with Crippen molar-refractivity contribution in [3.05, 3.63) is 24.8 Å². The predicted molar refractivity (Wildman–Crippen MR) is 64.1 cm³/mol. The first-order valence-electron chi connectivity index (χ1n) is 5.68. The standard InChI is InChI=1S/C13H22O3/c1-4-7-13(8-5-6-9-14)10-15-12(2,3)16-11-13/h4-6,14H,1,7-11H2,2-3H3. The van der Waals surface area contributed by atoms with Gasteiger partial charge in [0, 0.05) is 5.41 Å². The lowest BCUT2D eigenvalue weighted by atomic mass is 9.81. The summed E-state index contributed by atoms with van der Waals surface area (Å²) in [5.41, 5.74) is -0.0249. The lowest BCUT2D eigenvalue weighted by molar-refractivity contribution is -0.284. The molecule has 3 nitrogen and oxygen atoms in total. The molecule has 0 aromatic rings. The monoisotopic (exact) mass is 226 g/mol. The molecule has 1 aliphatic rings. The van der Waals surface area contributed by atoms with Gasteiger partial charge >= 0.3 is 0 Å². The van der Waals surface area contributed by atoms with Crippen LogP contribution in [0.5, 0.6) is 0 Å². The first-order chi connectivity index (χ1) is 7.54. The molecule has 0 saturated carbocycles. The summed E-state index contributed by atoms with van der Waals surface area (Å²) in [5.74, 6) is -0.481. The van der Waals surface area contributed by atoms with Gasteiger partial charge in [0.25, 0.3) is 0 Å². The minimum atomic E-state index is -0.481. The lowest BCUT2D eigenvalue weighted by Gasteiger charge is -2.42. The third kappa shape index (κ3) is 3.74. The number of allylic oxidation sites excluding steroid dienone is 2. The topological polar surface area (TPSA) is 38.7 Å². The first kappa shape index (κ1) is 13.4. The lowest BCUT2D eigenvalue weighted by Crippen LogP contribution is -2.46. The Morgan fingerprint density at radius 1 is 1.19 bits per heavy atom. The first-order valence-corrected chi connectivity index (χ1v) is 5.68. The highest BCUT2D eigenvalue weighted by atomic mass is 16.7. The van der Waals surface area contributed by atoms with Crippen LogP contribution in [-0.2, 0) is 9.47 Å². The van der Waals surface area contributed by atoms with Crippen molar-refractivity contribution >= 4 is 0 Å². The summed E-state index contributed by atoms with van der Waals surface area (Å²) in [6.07, 6.45) is 7.34. The Morgan fingerprint density at radius 3 is 2.31 bits per heavy atom. The molecule has 0 atom stereocenters. The van der Waals surface area contributed by atoms with Crippen LogP contribution >= 0.6 is 0 Å². The number of aliphatic hydroxyl groups excluding tert-OH is 1. The van der Waals surface area contributed by atoms with E-state index in [1.54, 1.807) is 6.08 Å². The number of aliphatic hydroxyl groups is 1. The van der Waals surface area contributed by atoms with E-state index in [0.29, 0.717) is 13.2 Å². The Balaban J connectivity index is 2.60. The predicted octanol–water partition coefficient (Wildman–Crippen LogP) is 2.27. The molecular weight excluding hydrogens is 204 g/mol. The quantitative estimate of drug-likeness (QED) is 0.731. The second-order valence-corrected chi connectivity index (χ2v) is 4.83. The second kappa shape index (κ2) is 5.62. The molecule has 1 rings (SSSR count). The summed E-state index contributed by atoms with van der Waals surface area (Å²) in [6.45, 7) is 9.05. The van der Waals surface area contributed by atoms with Gasteiger partial charge < -0.3 is 14.6 Å². The minimum Gasteiger partial charge on any atom is -0.392 e. The van der Waals surface area contributed by atoms with Crippen molar-refractivity contribution in [3.8, 4) is 0 Å². The van der Waals surface area contributed by atoms with Crippen LogP contribution in [0.4, 0.5) is 0 Å². The van der Waals surface area contributed by atoms with Gasteiger partial charge in [-0.1, -0.05) is 18.2 Å². The van der Waals surface area contributed by atoms with Crippen LogP contribution in [-0.4, -0.2) is 30.7 Å². The van der Waals surface area contributed by atoms with Crippen molar-refractivity contribution in [2.45, 2.75) is 32.5 Å². The Hall–Kier alpha value is -0.640. The zero-order valence-electron chi connectivity index (χ0n) is 10.2. The van der Waals surface area contributed by atoms with E-state index >= 15 is 0 Å². The maximum atomic E-state index is 8.72. The van der Waals surface area contributed by atoms with Crippen molar-refractivity contribution in [1.29, 1.82) is 0 Å². The van der Waals surface area contributed by atoms with E-state index in [0.717, 1.165) is 12.8 Å². The summed E-state index contributed by atoms with van der Waals surface area (Å²) >= 11 is 0. The fourth-order valence-electron chi connectivity index (χ4n) is 1.77. The van der Waals surface area contributed by atoms with Crippen molar-refractivity contribution in [3.63, 3.8) is 0 Å². The second-order valence-electron chi connectivity index (χ2n) is 4.83. The largest absolute Gasteiger partial charge is 0.392 e. The van der Waals surface area contributed by atoms with E-state index in [2.05, 4.69) is 6.58 Å². The zero-order valence-corrected chi connectivity index (χ0v) is 10.2. The van der Waals surface area contributed by atoms with Gasteiger partial charge in [-0.15, -0.1) is 6.58 Å². The van der Waals surface area contributed by atoms with Crippen molar-refractivity contribution < 1.29 is 14.6 Å². The van der Waals surface area contributed by atoms with E-state index in [9.17, 15) is 0 Å². The summed E-state index contributed by atoms with van der Waals surface area (Å²) in [6, 6.07) is 0. The van der Waals surface area contributed by atoms with Crippen LogP contribution in [0, 0.1) is 5.41 Å². The number of rotatable bonds is 5. The molecule has 0 bridgehead atoms. The summed E-state index contributed by atoms with van der Waals surface area (Å²) in [5, 5.41) is 8.72. The Labute approximate surface area is 97.8 Å². The fraction of sp³-hybridized carbons (Fsp3) is 0.692. The van der Waals surface area contributed by atoms with Gasteiger partial charge in [-0.25, -0.2) is 0 Å². The maximum absolute atomic E-state index is 8.72. The van der Waals surface area contributed by atoms with Gasteiger partial charge in [0.15, 0.2) is 5.79 Å². The third-order valence-corrected chi connectivity index (χ3v) is 2.85. The molecule has 0 aromatic carbocycles. The molecule has 0 aliphatic carbocycles. The molecule has 0 amide bonds. The van der Waals surface area contributed by atoms with Crippen molar-refractivity contribution in [1.82, 2.24) is 0 Å². The maximum Gasteiger partial charge on any atom is 0.162 e. The van der Waals surface area contributed by atoms with Crippen LogP contribution in [0.2, 0.25) is 0 Å². The van der Waals surface area contributed by atoms with Crippen LogP contribution in [0.3, 0.4) is 0 Å². The van der Waals surface area contributed by atoms with E-state index < -0.39 is 5.79 Å². The zero-order chi connectivity index (χ0) is 12.1. The molecule has 16 heavy (non-hydrogen) atoms. The van der Waals surface area contributed by atoms with Crippen LogP contribution in [0.1, 0.15) is 26.7 Å². The van der Waals surface area contributed by atoms with E-state index in [4.69, 9.17) is 14.6 Å². The van der Waals surface area contributed by atoms with Crippen molar-refractivity contribution in [2.24, 2.45) is 5.41 Å². The average Bonchev–Trinajstić information content (AvgIpc) is 2.24. The summed E-state index contributed by atoms with van der Waals surface area (Å²) in [4.78, 5) is 0. The average molecular weight is 226 g/mol. The van der Waals surface area contributed by atoms with Gasteiger partial charge in [0.1, 0.15) is 0 Å². The molecule has 1 fully saturated rings. The third-order valence-electron chi connectivity index (χ3n) is 2.85. The molecule has 0 aromatic heterocycles. The molecular formula is C13H22O3. The highest BCUT2D eigenvalue weighted by Gasteiger charge is 2.38. The SMILES string of the molecule is C=CCC1(CC=CCO)COC(C)(C)OC1. The normalized spacial score (nSPS) is 23.4. The van der Waals surface area contributed by atoms with Gasteiger partial charge in [0.2, 0.25) is 0 Å². The summed E-state index contributed by atoms with van der Waals surface area (Å²) in [7, 11) is 0. The Morgan fingerprint density at radius 2 is 1.81 bits per heavy atom. The number of hydrogen-bond donors (Lipinski definition) is 1. The van der Waals surface area contributed by atoms with Crippen LogP contribution in [0.15, 0.2) is 24.8 Å². The number of ether oxygens (including phenoxy) is 2. The molecule has 92 valence electrons.